The second-order valence-electron chi connectivity index (χ2n) is 9.89. The Bertz CT molecular complexity index is 1600. The highest BCUT2D eigenvalue weighted by molar-refractivity contribution is 6.00. The number of piperidine rings is 1. The van der Waals surface area contributed by atoms with Crippen LogP contribution in [-0.4, -0.2) is 59.6 Å². The van der Waals surface area contributed by atoms with Gasteiger partial charge in [-0.2, -0.15) is 0 Å². The summed E-state index contributed by atoms with van der Waals surface area (Å²) in [7, 11) is 1.34. The number of aromatic carboxylic acids is 1. The maximum absolute atomic E-state index is 15.7. The van der Waals surface area contributed by atoms with Gasteiger partial charge in [0.05, 0.1) is 24.6 Å². The molecule has 2 heterocycles. The third-order valence-electron chi connectivity index (χ3n) is 7.28. The van der Waals surface area contributed by atoms with E-state index in [0.717, 1.165) is 23.8 Å². The number of hydrogen-bond acceptors (Lipinski definition) is 6. The number of ether oxygens (including phenoxy) is 1. The van der Waals surface area contributed by atoms with Crippen molar-refractivity contribution in [1.29, 1.82) is 0 Å². The summed E-state index contributed by atoms with van der Waals surface area (Å²) in [6.45, 7) is -0.231. The number of pyridine rings is 1. The van der Waals surface area contributed by atoms with Crippen molar-refractivity contribution in [2.45, 2.75) is 31.7 Å². The summed E-state index contributed by atoms with van der Waals surface area (Å²) in [6, 6.07) is 9.02. The first kappa shape index (κ1) is 27.0. The number of halogens is 2. The average molecular weight is 552 g/mol. The lowest BCUT2D eigenvalue weighted by Gasteiger charge is -2.33. The Labute approximate surface area is 227 Å². The van der Waals surface area contributed by atoms with Crippen molar-refractivity contribution in [3.05, 3.63) is 81.2 Å². The fraction of sp³-hybridized carbons (Fsp3) is 0.310. The van der Waals surface area contributed by atoms with Gasteiger partial charge in [-0.3, -0.25) is 19.3 Å². The molecular formula is C29H27F2N3O6. The fourth-order valence-corrected chi connectivity index (χ4v) is 5.17. The van der Waals surface area contributed by atoms with Crippen LogP contribution in [0.4, 0.5) is 14.5 Å². The largest absolute Gasteiger partial charge is 0.492 e. The van der Waals surface area contributed by atoms with Gasteiger partial charge in [-0.25, -0.2) is 13.6 Å². The summed E-state index contributed by atoms with van der Waals surface area (Å²) in [5.41, 5.74) is -0.401. The van der Waals surface area contributed by atoms with Gasteiger partial charge >= 0.3 is 5.97 Å². The molecule has 2 aliphatic rings. The molecular weight excluding hydrogens is 524 g/mol. The first-order valence-corrected chi connectivity index (χ1v) is 12.9. The first-order valence-electron chi connectivity index (χ1n) is 12.9. The van der Waals surface area contributed by atoms with E-state index in [1.165, 1.54) is 25.4 Å². The lowest BCUT2D eigenvalue weighted by atomic mass is 10.0. The molecule has 3 aromatic rings. The van der Waals surface area contributed by atoms with E-state index in [0.29, 0.717) is 25.0 Å². The molecule has 1 saturated carbocycles. The zero-order valence-corrected chi connectivity index (χ0v) is 21.7. The van der Waals surface area contributed by atoms with Gasteiger partial charge in [0.2, 0.25) is 11.8 Å². The van der Waals surface area contributed by atoms with Crippen LogP contribution in [0.15, 0.2) is 58.8 Å². The van der Waals surface area contributed by atoms with E-state index in [2.05, 4.69) is 0 Å². The SMILES string of the molecule is COc1c(N2CCC/C(=C(\F)CN(C=O)C(=O)c3ccccc3)C2)c(F)cc2c(=O)c(C(=O)O)cn(C3CC3)c12. The summed E-state index contributed by atoms with van der Waals surface area (Å²) >= 11 is 0. The van der Waals surface area contributed by atoms with Crippen LogP contribution < -0.4 is 15.1 Å². The molecule has 0 bridgehead atoms. The standard InChI is InChI=1S/C29H27F2N3O6/c1-40-27-24-20(26(36)21(29(38)39)14-34(24)19-9-10-19)12-22(30)25(27)32-11-5-8-18(13-32)23(31)15-33(16-35)28(37)17-6-3-2-4-7-17/h2-4,6-7,12,14,16,19H,5,8-11,13,15H2,1H3,(H,38,39)/b23-18+. The number of carbonyl (C=O) groups excluding carboxylic acids is 2. The molecule has 2 fully saturated rings. The number of carbonyl (C=O) groups is 3. The molecule has 9 nitrogen and oxygen atoms in total. The number of nitrogens with zero attached hydrogens (tertiary/aromatic N) is 3. The molecule has 208 valence electrons. The number of rotatable bonds is 8. The summed E-state index contributed by atoms with van der Waals surface area (Å²) in [4.78, 5) is 51.3. The molecule has 0 spiro atoms. The van der Waals surface area contributed by atoms with Crippen LogP contribution in [0.2, 0.25) is 0 Å². The topological polar surface area (TPSA) is 109 Å². The predicted octanol–water partition coefficient (Wildman–Crippen LogP) is 4.30. The first-order chi connectivity index (χ1) is 19.2. The van der Waals surface area contributed by atoms with Crippen LogP contribution in [0.1, 0.15) is 52.4 Å². The molecule has 11 heteroatoms. The second-order valence-corrected chi connectivity index (χ2v) is 9.89. The molecule has 1 aliphatic heterocycles. The van der Waals surface area contributed by atoms with Crippen LogP contribution in [0.5, 0.6) is 5.75 Å². The number of anilines is 1. The zero-order valence-electron chi connectivity index (χ0n) is 21.7. The van der Waals surface area contributed by atoms with E-state index in [9.17, 15) is 24.3 Å². The van der Waals surface area contributed by atoms with E-state index in [1.807, 2.05) is 0 Å². The minimum absolute atomic E-state index is 0.0300. The van der Waals surface area contributed by atoms with Crippen LogP contribution in [-0.2, 0) is 4.79 Å². The average Bonchev–Trinajstić information content (AvgIpc) is 3.81. The van der Waals surface area contributed by atoms with Crippen LogP contribution in [0.3, 0.4) is 0 Å². The van der Waals surface area contributed by atoms with Gasteiger partial charge in [-0.05, 0) is 49.5 Å². The summed E-state index contributed by atoms with van der Waals surface area (Å²) in [5, 5.41) is 9.43. The molecule has 0 radical (unpaired) electrons. The Morgan fingerprint density at radius 3 is 2.58 bits per heavy atom. The summed E-state index contributed by atoms with van der Waals surface area (Å²) in [5.74, 6) is -3.45. The van der Waals surface area contributed by atoms with Gasteiger partial charge in [0, 0.05) is 30.9 Å². The number of carboxylic acid groups (broad SMARTS) is 1. The third-order valence-corrected chi connectivity index (χ3v) is 7.28. The molecule has 1 aromatic heterocycles. The van der Waals surface area contributed by atoms with Crippen LogP contribution in [0, 0.1) is 5.82 Å². The minimum Gasteiger partial charge on any atom is -0.492 e. The molecule has 1 aliphatic carbocycles. The molecule has 40 heavy (non-hydrogen) atoms. The van der Waals surface area contributed by atoms with Crippen molar-refractivity contribution in [3.63, 3.8) is 0 Å². The zero-order chi connectivity index (χ0) is 28.6. The molecule has 5 rings (SSSR count). The number of hydrogen-bond donors (Lipinski definition) is 1. The molecule has 0 unspecified atom stereocenters. The normalized spacial score (nSPS) is 16.5. The van der Waals surface area contributed by atoms with Crippen molar-refractivity contribution < 1.29 is 33.0 Å². The van der Waals surface area contributed by atoms with Crippen LogP contribution in [0.25, 0.3) is 10.9 Å². The van der Waals surface area contributed by atoms with E-state index >= 15 is 8.78 Å². The van der Waals surface area contributed by atoms with Gasteiger partial charge in [0.25, 0.3) is 5.91 Å². The Balaban J connectivity index is 1.52. The van der Waals surface area contributed by atoms with E-state index in [-0.39, 0.29) is 46.9 Å². The minimum atomic E-state index is -1.40. The highest BCUT2D eigenvalue weighted by atomic mass is 19.1. The van der Waals surface area contributed by atoms with Gasteiger partial charge in [0.1, 0.15) is 17.1 Å². The number of imide groups is 1. The van der Waals surface area contributed by atoms with Gasteiger partial charge in [0.15, 0.2) is 11.6 Å². The lowest BCUT2D eigenvalue weighted by Crippen LogP contribution is -2.35. The van der Waals surface area contributed by atoms with Crippen molar-refractivity contribution >= 4 is 34.9 Å². The highest BCUT2D eigenvalue weighted by Gasteiger charge is 2.32. The third kappa shape index (κ3) is 4.94. The number of fused-ring (bicyclic) bond motifs is 1. The number of methoxy groups -OCH3 is 1. The summed E-state index contributed by atoms with van der Waals surface area (Å²) < 4.78 is 38.4. The maximum atomic E-state index is 15.7. The Kier molecular flexibility index (Phi) is 7.38. The van der Waals surface area contributed by atoms with Gasteiger partial charge in [-0.15, -0.1) is 0 Å². The summed E-state index contributed by atoms with van der Waals surface area (Å²) in [6.07, 6.45) is 3.90. The molecule has 1 saturated heterocycles. The lowest BCUT2D eigenvalue weighted by molar-refractivity contribution is -0.115. The van der Waals surface area contributed by atoms with Crippen molar-refractivity contribution in [2.24, 2.45) is 0 Å². The Morgan fingerprint density at radius 2 is 1.95 bits per heavy atom. The Morgan fingerprint density at radius 1 is 1.23 bits per heavy atom. The van der Waals surface area contributed by atoms with Crippen LogP contribution >= 0.6 is 0 Å². The van der Waals surface area contributed by atoms with Gasteiger partial charge in [-0.1, -0.05) is 18.2 Å². The quantitative estimate of drug-likeness (QED) is 0.416. The second kappa shape index (κ2) is 10.9. The van der Waals surface area contributed by atoms with E-state index < -0.39 is 41.1 Å². The molecule has 2 aromatic carbocycles. The van der Waals surface area contributed by atoms with Crippen molar-refractivity contribution in [3.8, 4) is 5.75 Å². The predicted molar refractivity (Wildman–Crippen MR) is 143 cm³/mol. The maximum Gasteiger partial charge on any atom is 0.341 e. The Hall–Kier alpha value is -4.54. The molecule has 0 atom stereocenters. The van der Waals surface area contributed by atoms with E-state index in [1.54, 1.807) is 27.7 Å². The van der Waals surface area contributed by atoms with Gasteiger partial charge < -0.3 is 19.3 Å². The number of benzene rings is 2. The highest BCUT2D eigenvalue weighted by Crippen LogP contribution is 2.44. The number of carboxylic acids is 1. The molecule has 2 amide bonds. The smallest absolute Gasteiger partial charge is 0.341 e. The fourth-order valence-electron chi connectivity index (χ4n) is 5.17. The van der Waals surface area contributed by atoms with E-state index in [4.69, 9.17) is 4.74 Å². The number of amides is 2. The van der Waals surface area contributed by atoms with Crippen molar-refractivity contribution in [1.82, 2.24) is 9.47 Å². The monoisotopic (exact) mass is 551 g/mol. The van der Waals surface area contributed by atoms with Crippen molar-refractivity contribution in [2.75, 3.05) is 31.6 Å². The number of aromatic nitrogens is 1. The molecule has 1 N–H and O–H groups in total.